The zero-order chi connectivity index (χ0) is 14.5. The average Bonchev–Trinajstić information content (AvgIpc) is 2.53. The second-order valence-corrected chi connectivity index (χ2v) is 5.75. The first-order chi connectivity index (χ1) is 10.3. The Morgan fingerprint density at radius 1 is 1.00 bits per heavy atom. The molecule has 2 N–H and O–H groups in total. The van der Waals surface area contributed by atoms with Gasteiger partial charge < -0.3 is 10.5 Å². The Morgan fingerprint density at radius 3 is 2.67 bits per heavy atom. The van der Waals surface area contributed by atoms with Gasteiger partial charge in [0.05, 0.1) is 23.5 Å². The number of aromatic nitrogens is 1. The van der Waals surface area contributed by atoms with Gasteiger partial charge in [0.1, 0.15) is 5.75 Å². The number of hydrogen-bond donors (Lipinski definition) is 1. The van der Waals surface area contributed by atoms with Gasteiger partial charge in [0, 0.05) is 5.75 Å². The van der Waals surface area contributed by atoms with E-state index in [4.69, 9.17) is 10.5 Å². The van der Waals surface area contributed by atoms with Gasteiger partial charge in [-0.2, -0.15) is 0 Å². The molecule has 106 valence electrons. The summed E-state index contributed by atoms with van der Waals surface area (Å²) in [5, 5.41) is 3.39. The topological polar surface area (TPSA) is 48.1 Å². The molecule has 4 heteroatoms. The predicted octanol–water partition coefficient (Wildman–Crippen LogP) is 3.99. The molecule has 0 atom stereocenters. The van der Waals surface area contributed by atoms with Gasteiger partial charge in [-0.25, -0.2) is 4.98 Å². The molecular weight excluding hydrogens is 280 g/mol. The van der Waals surface area contributed by atoms with Crippen LogP contribution in [0, 0.1) is 0 Å². The van der Waals surface area contributed by atoms with Gasteiger partial charge in [0.2, 0.25) is 0 Å². The van der Waals surface area contributed by atoms with Crippen LogP contribution in [0.2, 0.25) is 0 Å². The van der Waals surface area contributed by atoms with E-state index < -0.39 is 0 Å². The number of thioether (sulfide) groups is 1. The van der Waals surface area contributed by atoms with Gasteiger partial charge in [-0.15, -0.1) is 11.8 Å². The Bertz CT molecular complexity index is 728. The van der Waals surface area contributed by atoms with E-state index >= 15 is 0 Å². The summed E-state index contributed by atoms with van der Waals surface area (Å²) in [6.45, 7) is 0.648. The number of rotatable bonds is 5. The highest BCUT2D eigenvalue weighted by molar-refractivity contribution is 7.99. The van der Waals surface area contributed by atoms with Gasteiger partial charge >= 0.3 is 0 Å². The van der Waals surface area contributed by atoms with Crippen LogP contribution in [0.15, 0.2) is 65.8 Å². The normalized spacial score (nSPS) is 10.7. The molecule has 0 spiro atoms. The number of pyridine rings is 1. The minimum absolute atomic E-state index is 0.648. The van der Waals surface area contributed by atoms with Gasteiger partial charge in [0.25, 0.3) is 0 Å². The monoisotopic (exact) mass is 296 g/mol. The zero-order valence-corrected chi connectivity index (χ0v) is 12.3. The molecule has 0 fully saturated rings. The molecule has 3 rings (SSSR count). The number of ether oxygens (including phenoxy) is 1. The lowest BCUT2D eigenvalue weighted by atomic mass is 10.1. The van der Waals surface area contributed by atoms with Crippen LogP contribution in [0.5, 0.6) is 5.75 Å². The van der Waals surface area contributed by atoms with Gasteiger partial charge in [-0.05, 0) is 35.0 Å². The molecule has 0 aliphatic rings. The third-order valence-corrected chi connectivity index (χ3v) is 3.99. The van der Waals surface area contributed by atoms with Crippen LogP contribution in [0.3, 0.4) is 0 Å². The van der Waals surface area contributed by atoms with Crippen molar-refractivity contribution >= 4 is 28.2 Å². The number of fused-ring (bicyclic) bond motifs is 1. The van der Waals surface area contributed by atoms with Crippen LogP contribution in [0.4, 0.5) is 5.69 Å². The first kappa shape index (κ1) is 13.8. The van der Waals surface area contributed by atoms with Crippen molar-refractivity contribution in [3.05, 3.63) is 60.8 Å². The Labute approximate surface area is 128 Å². The smallest absolute Gasteiger partial charge is 0.119 e. The molecule has 3 nitrogen and oxygen atoms in total. The summed E-state index contributed by atoms with van der Waals surface area (Å²) in [4.78, 5) is 4.25. The van der Waals surface area contributed by atoms with Crippen molar-refractivity contribution in [1.29, 1.82) is 0 Å². The van der Waals surface area contributed by atoms with Gasteiger partial charge in [-0.3, -0.25) is 0 Å². The van der Waals surface area contributed by atoms with Crippen molar-refractivity contribution < 1.29 is 4.74 Å². The van der Waals surface area contributed by atoms with Crippen molar-refractivity contribution in [3.8, 4) is 5.75 Å². The standard InChI is InChI=1S/C17H16N2OS/c18-15-6-8-17(19-12-15)21-10-9-20-16-7-5-13-3-1-2-4-14(13)11-16/h1-8,11-12H,9-10,18H2. The maximum Gasteiger partial charge on any atom is 0.119 e. The second-order valence-electron chi connectivity index (χ2n) is 4.64. The Morgan fingerprint density at radius 2 is 1.86 bits per heavy atom. The third kappa shape index (κ3) is 3.67. The molecule has 0 aliphatic heterocycles. The summed E-state index contributed by atoms with van der Waals surface area (Å²) >= 11 is 1.66. The average molecular weight is 296 g/mol. The van der Waals surface area contributed by atoms with E-state index in [1.54, 1.807) is 18.0 Å². The fourth-order valence-electron chi connectivity index (χ4n) is 2.04. The van der Waals surface area contributed by atoms with E-state index in [1.807, 2.05) is 30.3 Å². The summed E-state index contributed by atoms with van der Waals surface area (Å²) in [5.41, 5.74) is 6.29. The lowest BCUT2D eigenvalue weighted by molar-refractivity contribution is 0.344. The fraction of sp³-hybridized carbons (Fsp3) is 0.118. The Hall–Kier alpha value is -2.20. The van der Waals surface area contributed by atoms with Gasteiger partial charge in [-0.1, -0.05) is 30.3 Å². The highest BCUT2D eigenvalue weighted by Gasteiger charge is 1.99. The SMILES string of the molecule is Nc1ccc(SCCOc2ccc3ccccc3c2)nc1. The number of benzene rings is 2. The van der Waals surface area contributed by atoms with E-state index in [-0.39, 0.29) is 0 Å². The van der Waals surface area contributed by atoms with Crippen LogP contribution in [0.25, 0.3) is 10.8 Å². The number of nitrogens with zero attached hydrogens (tertiary/aromatic N) is 1. The highest BCUT2D eigenvalue weighted by atomic mass is 32.2. The first-order valence-corrected chi connectivity index (χ1v) is 7.76. The molecule has 1 aromatic heterocycles. The summed E-state index contributed by atoms with van der Waals surface area (Å²) in [6, 6.07) is 18.2. The van der Waals surface area contributed by atoms with Gasteiger partial charge in [0.15, 0.2) is 0 Å². The molecule has 0 bridgehead atoms. The van der Waals surface area contributed by atoms with E-state index in [0.29, 0.717) is 12.3 Å². The molecule has 0 amide bonds. The zero-order valence-electron chi connectivity index (χ0n) is 11.5. The maximum absolute atomic E-state index is 5.79. The molecule has 3 aromatic rings. The minimum atomic E-state index is 0.648. The summed E-state index contributed by atoms with van der Waals surface area (Å²) in [6.07, 6.45) is 1.67. The van der Waals surface area contributed by atoms with Crippen molar-refractivity contribution in [2.75, 3.05) is 18.1 Å². The summed E-state index contributed by atoms with van der Waals surface area (Å²) < 4.78 is 5.79. The lowest BCUT2D eigenvalue weighted by Gasteiger charge is -2.07. The van der Waals surface area contributed by atoms with Crippen LogP contribution in [0.1, 0.15) is 0 Å². The molecule has 0 radical (unpaired) electrons. The molecule has 0 aliphatic carbocycles. The summed E-state index contributed by atoms with van der Waals surface area (Å²) in [7, 11) is 0. The lowest BCUT2D eigenvalue weighted by Crippen LogP contribution is -2.00. The molecule has 0 unspecified atom stereocenters. The predicted molar refractivity (Wildman–Crippen MR) is 88.8 cm³/mol. The second kappa shape index (κ2) is 6.50. The molecule has 1 heterocycles. The third-order valence-electron chi connectivity index (χ3n) is 3.08. The Kier molecular flexibility index (Phi) is 4.26. The van der Waals surface area contributed by atoms with E-state index in [0.717, 1.165) is 16.5 Å². The van der Waals surface area contributed by atoms with E-state index in [9.17, 15) is 0 Å². The first-order valence-electron chi connectivity index (χ1n) is 6.77. The molecule has 0 saturated carbocycles. The van der Waals surface area contributed by atoms with E-state index in [2.05, 4.69) is 29.2 Å². The quantitative estimate of drug-likeness (QED) is 0.571. The van der Waals surface area contributed by atoms with Crippen LogP contribution >= 0.6 is 11.8 Å². The minimum Gasteiger partial charge on any atom is -0.493 e. The molecular formula is C17H16N2OS. The number of hydrogen-bond acceptors (Lipinski definition) is 4. The number of nitrogens with two attached hydrogens (primary N) is 1. The molecule has 21 heavy (non-hydrogen) atoms. The molecule has 0 saturated heterocycles. The number of anilines is 1. The fourth-order valence-corrected chi connectivity index (χ4v) is 2.71. The largest absolute Gasteiger partial charge is 0.493 e. The van der Waals surface area contributed by atoms with E-state index in [1.165, 1.54) is 10.8 Å². The number of nitrogen functional groups attached to an aromatic ring is 1. The van der Waals surface area contributed by atoms with Crippen molar-refractivity contribution in [2.45, 2.75) is 5.03 Å². The maximum atomic E-state index is 5.79. The van der Waals surface area contributed by atoms with Crippen molar-refractivity contribution in [3.63, 3.8) is 0 Å². The molecule has 2 aromatic carbocycles. The van der Waals surface area contributed by atoms with Crippen LogP contribution < -0.4 is 10.5 Å². The van der Waals surface area contributed by atoms with Crippen LogP contribution in [-0.4, -0.2) is 17.3 Å². The highest BCUT2D eigenvalue weighted by Crippen LogP contribution is 2.21. The van der Waals surface area contributed by atoms with Crippen molar-refractivity contribution in [1.82, 2.24) is 4.98 Å². The van der Waals surface area contributed by atoms with Crippen molar-refractivity contribution in [2.24, 2.45) is 0 Å². The van der Waals surface area contributed by atoms with Crippen LogP contribution in [-0.2, 0) is 0 Å². The Balaban J connectivity index is 1.53. The summed E-state index contributed by atoms with van der Waals surface area (Å²) in [5.74, 6) is 1.75.